The van der Waals surface area contributed by atoms with Crippen molar-refractivity contribution in [2.24, 2.45) is 10.9 Å². The van der Waals surface area contributed by atoms with Gasteiger partial charge in [-0.05, 0) is 26.3 Å². The fourth-order valence-corrected chi connectivity index (χ4v) is 1.37. The van der Waals surface area contributed by atoms with Gasteiger partial charge < -0.3 is 26.1 Å². The molecule has 0 spiro atoms. The van der Waals surface area contributed by atoms with Crippen LogP contribution in [0.5, 0.6) is 0 Å². The Hall–Kier alpha value is -0.850. The fourth-order valence-electron chi connectivity index (χ4n) is 1.37. The van der Waals surface area contributed by atoms with Crippen molar-refractivity contribution >= 4 is 5.84 Å². The number of aliphatic hydroxyl groups is 1. The molecule has 0 aliphatic heterocycles. The number of amidine groups is 1. The summed E-state index contributed by atoms with van der Waals surface area (Å²) in [5.74, 6) is 0.261. The van der Waals surface area contributed by atoms with E-state index in [0.29, 0.717) is 26.0 Å². The predicted octanol–water partition coefficient (Wildman–Crippen LogP) is 0.280. The number of ether oxygens (including phenoxy) is 1. The zero-order valence-electron chi connectivity index (χ0n) is 10.8. The molecule has 0 aromatic carbocycles. The molecular formula is C11H25N3O3. The van der Waals surface area contributed by atoms with Crippen molar-refractivity contribution in [1.82, 2.24) is 5.32 Å². The quantitative estimate of drug-likeness (QED) is 0.146. The highest BCUT2D eigenvalue weighted by molar-refractivity contribution is 5.79. The van der Waals surface area contributed by atoms with Gasteiger partial charge in [-0.2, -0.15) is 0 Å². The maximum Gasteiger partial charge on any atom is 0.139 e. The number of rotatable bonds is 10. The van der Waals surface area contributed by atoms with Gasteiger partial charge in [0.1, 0.15) is 5.84 Å². The van der Waals surface area contributed by atoms with Gasteiger partial charge in [-0.25, -0.2) is 0 Å². The van der Waals surface area contributed by atoms with Crippen molar-refractivity contribution in [1.29, 1.82) is 0 Å². The van der Waals surface area contributed by atoms with Crippen LogP contribution in [-0.4, -0.2) is 48.6 Å². The van der Waals surface area contributed by atoms with Gasteiger partial charge >= 0.3 is 0 Å². The van der Waals surface area contributed by atoms with Crippen LogP contribution in [-0.2, 0) is 4.74 Å². The lowest BCUT2D eigenvalue weighted by Gasteiger charge is -2.23. The van der Waals surface area contributed by atoms with E-state index in [1.807, 2.05) is 0 Å². The summed E-state index contributed by atoms with van der Waals surface area (Å²) in [6.45, 7) is 3.69. The number of hydrogen-bond acceptors (Lipinski definition) is 5. The molecule has 0 saturated carbocycles. The first kappa shape index (κ1) is 16.1. The number of methoxy groups -OCH3 is 1. The van der Waals surface area contributed by atoms with Crippen molar-refractivity contribution in [3.05, 3.63) is 0 Å². The lowest BCUT2D eigenvalue weighted by molar-refractivity contribution is 0.0251. The van der Waals surface area contributed by atoms with Crippen LogP contribution in [0, 0.1) is 0 Å². The summed E-state index contributed by atoms with van der Waals surface area (Å²) in [4.78, 5) is 0. The average Bonchev–Trinajstić information content (AvgIpc) is 2.30. The molecule has 1 atom stereocenters. The molecule has 0 aromatic heterocycles. The van der Waals surface area contributed by atoms with Crippen LogP contribution >= 0.6 is 0 Å². The lowest BCUT2D eigenvalue weighted by atomic mass is 10.0. The van der Waals surface area contributed by atoms with E-state index >= 15 is 0 Å². The predicted molar refractivity (Wildman–Crippen MR) is 67.2 cm³/mol. The molecule has 17 heavy (non-hydrogen) atoms. The third-order valence-electron chi connectivity index (χ3n) is 2.52. The van der Waals surface area contributed by atoms with Gasteiger partial charge in [-0.3, -0.25) is 0 Å². The van der Waals surface area contributed by atoms with E-state index in [4.69, 9.17) is 15.7 Å². The first-order valence-corrected chi connectivity index (χ1v) is 5.90. The molecule has 1 unspecified atom stereocenters. The summed E-state index contributed by atoms with van der Waals surface area (Å²) in [5, 5.41) is 24.3. The van der Waals surface area contributed by atoms with Crippen molar-refractivity contribution in [2.45, 2.75) is 38.2 Å². The third-order valence-corrected chi connectivity index (χ3v) is 2.52. The molecule has 0 heterocycles. The van der Waals surface area contributed by atoms with Gasteiger partial charge in [-0.1, -0.05) is 5.16 Å². The van der Waals surface area contributed by atoms with E-state index < -0.39 is 5.60 Å². The Labute approximate surface area is 103 Å². The molecule has 0 saturated heterocycles. The number of oxime groups is 1. The first-order valence-electron chi connectivity index (χ1n) is 5.90. The molecule has 0 bridgehead atoms. The van der Waals surface area contributed by atoms with Crippen LogP contribution < -0.4 is 11.1 Å². The molecule has 0 radical (unpaired) electrons. The Kier molecular flexibility index (Phi) is 8.75. The van der Waals surface area contributed by atoms with Crippen LogP contribution in [0.25, 0.3) is 0 Å². The highest BCUT2D eigenvalue weighted by Gasteiger charge is 2.18. The molecule has 5 N–H and O–H groups in total. The number of nitrogens with two attached hydrogens (primary N) is 1. The minimum absolute atomic E-state index is 0.261. The second-order valence-electron chi connectivity index (χ2n) is 4.46. The van der Waals surface area contributed by atoms with Gasteiger partial charge in [0.05, 0.1) is 5.60 Å². The Balaban J connectivity index is 3.44. The van der Waals surface area contributed by atoms with Crippen molar-refractivity contribution in [3.8, 4) is 0 Å². The van der Waals surface area contributed by atoms with Crippen LogP contribution in [0.1, 0.15) is 32.6 Å². The number of unbranched alkanes of at least 4 members (excludes halogenated alkanes) is 1. The molecule has 0 amide bonds. The highest BCUT2D eigenvalue weighted by atomic mass is 16.5. The first-order chi connectivity index (χ1) is 8.02. The monoisotopic (exact) mass is 247 g/mol. The summed E-state index contributed by atoms with van der Waals surface area (Å²) in [7, 11) is 1.62. The third kappa shape index (κ3) is 10.0. The Morgan fingerprint density at radius 2 is 2.18 bits per heavy atom. The standard InChI is InChI=1S/C11H25N3O3/c1-11(15,6-8-17-2)9-13-7-4-3-5-10(12)14-16/h13,15-16H,3-9H2,1-2H3,(H2,12,14). The molecular weight excluding hydrogens is 222 g/mol. The SMILES string of the molecule is COCCC(C)(O)CNCCCCC(N)=NO. The lowest BCUT2D eigenvalue weighted by Crippen LogP contribution is -2.39. The van der Waals surface area contributed by atoms with Gasteiger partial charge in [0.15, 0.2) is 0 Å². The van der Waals surface area contributed by atoms with Gasteiger partial charge in [0.25, 0.3) is 0 Å². The van der Waals surface area contributed by atoms with E-state index in [2.05, 4.69) is 10.5 Å². The maximum absolute atomic E-state index is 9.91. The fraction of sp³-hybridized carbons (Fsp3) is 0.909. The molecule has 102 valence electrons. The molecule has 0 fully saturated rings. The number of hydrogen-bond donors (Lipinski definition) is 4. The van der Waals surface area contributed by atoms with Gasteiger partial charge in [0, 0.05) is 33.1 Å². The second kappa shape index (κ2) is 9.21. The second-order valence-corrected chi connectivity index (χ2v) is 4.46. The van der Waals surface area contributed by atoms with E-state index in [1.165, 1.54) is 0 Å². The van der Waals surface area contributed by atoms with Crippen molar-refractivity contribution in [2.75, 3.05) is 26.8 Å². The summed E-state index contributed by atoms with van der Waals surface area (Å²) in [6.07, 6.45) is 3.00. The van der Waals surface area contributed by atoms with Crippen molar-refractivity contribution < 1.29 is 15.1 Å². The molecule has 0 aromatic rings. The normalized spacial score (nSPS) is 15.8. The zero-order valence-corrected chi connectivity index (χ0v) is 10.8. The number of nitrogens with zero attached hydrogens (tertiary/aromatic N) is 1. The summed E-state index contributed by atoms with van der Waals surface area (Å²) in [6, 6.07) is 0. The van der Waals surface area contributed by atoms with Crippen LogP contribution in [0.2, 0.25) is 0 Å². The smallest absolute Gasteiger partial charge is 0.139 e. The van der Waals surface area contributed by atoms with Crippen LogP contribution in [0.15, 0.2) is 5.16 Å². The van der Waals surface area contributed by atoms with E-state index in [9.17, 15) is 5.11 Å². The molecule has 6 heteroatoms. The molecule has 6 nitrogen and oxygen atoms in total. The van der Waals surface area contributed by atoms with E-state index in [0.717, 1.165) is 19.4 Å². The maximum atomic E-state index is 9.91. The Morgan fingerprint density at radius 1 is 1.47 bits per heavy atom. The molecule has 0 aliphatic rings. The molecule has 0 aliphatic carbocycles. The minimum atomic E-state index is -0.735. The topological polar surface area (TPSA) is 100 Å². The summed E-state index contributed by atoms with van der Waals surface area (Å²) in [5.41, 5.74) is 4.60. The Morgan fingerprint density at radius 3 is 2.76 bits per heavy atom. The van der Waals surface area contributed by atoms with Gasteiger partial charge in [-0.15, -0.1) is 0 Å². The van der Waals surface area contributed by atoms with Gasteiger partial charge in [0.2, 0.25) is 0 Å². The van der Waals surface area contributed by atoms with Crippen molar-refractivity contribution in [3.63, 3.8) is 0 Å². The van der Waals surface area contributed by atoms with Crippen LogP contribution in [0.4, 0.5) is 0 Å². The largest absolute Gasteiger partial charge is 0.409 e. The zero-order chi connectivity index (χ0) is 13.1. The minimum Gasteiger partial charge on any atom is -0.409 e. The number of nitrogens with one attached hydrogen (secondary N) is 1. The highest BCUT2D eigenvalue weighted by Crippen LogP contribution is 2.07. The molecule has 0 rings (SSSR count). The summed E-state index contributed by atoms with van der Waals surface area (Å²) < 4.78 is 4.92. The van der Waals surface area contributed by atoms with Crippen LogP contribution in [0.3, 0.4) is 0 Å². The summed E-state index contributed by atoms with van der Waals surface area (Å²) >= 11 is 0. The van der Waals surface area contributed by atoms with E-state index in [-0.39, 0.29) is 5.84 Å². The van der Waals surface area contributed by atoms with E-state index in [1.54, 1.807) is 14.0 Å². The average molecular weight is 247 g/mol. The Bertz CT molecular complexity index is 220.